The van der Waals surface area contributed by atoms with E-state index in [1.807, 2.05) is 6.08 Å². The fourth-order valence-corrected chi connectivity index (χ4v) is 7.85. The molecule has 2 rings (SSSR count). The van der Waals surface area contributed by atoms with E-state index in [0.29, 0.717) is 12.8 Å². The molecule has 15 nitrogen and oxygen atoms in total. The lowest BCUT2D eigenvalue weighted by atomic mass is 9.98. The normalized spacial score (nSPS) is 26.0. The highest BCUT2D eigenvalue weighted by molar-refractivity contribution is 5.70. The number of aliphatic hydroxyl groups excluding tert-OH is 7. The van der Waals surface area contributed by atoms with Gasteiger partial charge in [-0.2, -0.15) is 0 Å². The van der Waals surface area contributed by atoms with Crippen molar-refractivity contribution in [2.75, 3.05) is 26.4 Å². The van der Waals surface area contributed by atoms with Crippen molar-refractivity contribution in [3.05, 3.63) is 72.9 Å². The Morgan fingerprint density at radius 3 is 1.49 bits per heavy atom. The van der Waals surface area contributed by atoms with Crippen LogP contribution in [0.15, 0.2) is 72.9 Å². The van der Waals surface area contributed by atoms with Crippen molar-refractivity contribution in [2.45, 2.75) is 235 Å². The van der Waals surface area contributed by atoms with Crippen molar-refractivity contribution < 1.29 is 73.8 Å². The number of allylic oxidation sites excluding steroid dienone is 12. The van der Waals surface area contributed by atoms with Crippen LogP contribution in [-0.4, -0.2) is 142 Å². The zero-order valence-electron chi connectivity index (χ0n) is 42.5. The summed E-state index contributed by atoms with van der Waals surface area (Å²) in [6.07, 6.45) is 32.3. The van der Waals surface area contributed by atoms with Crippen LogP contribution >= 0.6 is 0 Å². The van der Waals surface area contributed by atoms with Crippen LogP contribution in [0.3, 0.4) is 0 Å². The molecule has 0 aromatic heterocycles. The molecule has 7 N–H and O–H groups in total. The summed E-state index contributed by atoms with van der Waals surface area (Å²) in [5.74, 6) is -1.02. The maximum absolute atomic E-state index is 13.0. The number of rotatable bonds is 40. The van der Waals surface area contributed by atoms with E-state index in [-0.39, 0.29) is 19.4 Å². The van der Waals surface area contributed by atoms with Gasteiger partial charge in [-0.3, -0.25) is 9.59 Å². The first kappa shape index (κ1) is 63.1. The van der Waals surface area contributed by atoms with Crippen LogP contribution in [0.5, 0.6) is 0 Å². The predicted octanol–water partition coefficient (Wildman–Crippen LogP) is 7.82. The van der Waals surface area contributed by atoms with E-state index in [9.17, 15) is 45.3 Å². The lowest BCUT2D eigenvalue weighted by molar-refractivity contribution is -0.332. The molecule has 2 heterocycles. The zero-order chi connectivity index (χ0) is 51.0. The Kier molecular flexibility index (Phi) is 37.3. The summed E-state index contributed by atoms with van der Waals surface area (Å²) in [7, 11) is 0. The van der Waals surface area contributed by atoms with Gasteiger partial charge in [-0.25, -0.2) is 0 Å². The molecule has 2 aliphatic rings. The molecule has 2 aliphatic heterocycles. The Labute approximate surface area is 419 Å². The van der Waals surface area contributed by atoms with Gasteiger partial charge in [0, 0.05) is 12.8 Å². The van der Waals surface area contributed by atoms with Gasteiger partial charge in [0.1, 0.15) is 55.4 Å². The van der Waals surface area contributed by atoms with Crippen molar-refractivity contribution in [3.63, 3.8) is 0 Å². The van der Waals surface area contributed by atoms with Crippen LogP contribution in [-0.2, 0) is 38.0 Å². The Balaban J connectivity index is 1.82. The number of hydrogen-bond acceptors (Lipinski definition) is 15. The highest BCUT2D eigenvalue weighted by Crippen LogP contribution is 2.26. The molecule has 0 spiro atoms. The largest absolute Gasteiger partial charge is 0.462 e. The summed E-state index contributed by atoms with van der Waals surface area (Å²) in [5, 5.41) is 72.1. The second kappa shape index (κ2) is 41.4. The first-order valence-electron chi connectivity index (χ1n) is 26.5. The van der Waals surface area contributed by atoms with Crippen LogP contribution in [0.1, 0.15) is 168 Å². The fraction of sp³-hybridized carbons (Fsp3) is 0.745. The number of unbranched alkanes of at least 4 members (excludes halogenated alkanes) is 14. The number of esters is 2. The van der Waals surface area contributed by atoms with Gasteiger partial charge in [-0.05, 0) is 70.6 Å². The average Bonchev–Trinajstić information content (AvgIpc) is 3.35. The molecule has 15 heteroatoms. The van der Waals surface area contributed by atoms with E-state index < -0.39 is 99.3 Å². The summed E-state index contributed by atoms with van der Waals surface area (Å²) < 4.78 is 33.5. The molecule has 4 unspecified atom stereocenters. The van der Waals surface area contributed by atoms with E-state index in [0.717, 1.165) is 64.2 Å². The minimum absolute atomic E-state index is 0.0713. The van der Waals surface area contributed by atoms with Crippen LogP contribution in [0.25, 0.3) is 0 Å². The molecule has 70 heavy (non-hydrogen) atoms. The molecular formula is C55H92O15. The van der Waals surface area contributed by atoms with Crippen molar-refractivity contribution >= 4 is 11.9 Å². The van der Waals surface area contributed by atoms with Gasteiger partial charge in [-0.1, -0.05) is 157 Å². The molecule has 2 fully saturated rings. The van der Waals surface area contributed by atoms with Gasteiger partial charge in [0.2, 0.25) is 0 Å². The van der Waals surface area contributed by atoms with Crippen LogP contribution in [0, 0.1) is 0 Å². The second-order valence-electron chi connectivity index (χ2n) is 18.3. The number of ether oxygens (including phenoxy) is 6. The zero-order valence-corrected chi connectivity index (χ0v) is 42.5. The van der Waals surface area contributed by atoms with Crippen LogP contribution in [0.2, 0.25) is 0 Å². The second-order valence-corrected chi connectivity index (χ2v) is 18.3. The first-order valence-corrected chi connectivity index (χ1v) is 26.5. The molecule has 402 valence electrons. The quantitative estimate of drug-likeness (QED) is 0.0176. The highest BCUT2D eigenvalue weighted by Gasteiger charge is 2.47. The van der Waals surface area contributed by atoms with Crippen molar-refractivity contribution in [3.8, 4) is 0 Å². The molecule has 0 aliphatic carbocycles. The highest BCUT2D eigenvalue weighted by atomic mass is 16.7. The molecule has 0 saturated carbocycles. The van der Waals surface area contributed by atoms with Gasteiger partial charge in [-0.15, -0.1) is 0 Å². The summed E-state index contributed by atoms with van der Waals surface area (Å²) in [6.45, 7) is 2.40. The smallest absolute Gasteiger partial charge is 0.306 e. The summed E-state index contributed by atoms with van der Waals surface area (Å²) in [4.78, 5) is 25.8. The number of carbonyl (C=O) groups is 2. The third-order valence-corrected chi connectivity index (χ3v) is 12.2. The number of hydrogen-bond donors (Lipinski definition) is 7. The van der Waals surface area contributed by atoms with Gasteiger partial charge in [0.25, 0.3) is 0 Å². The minimum Gasteiger partial charge on any atom is -0.462 e. The molecular weight excluding hydrogens is 901 g/mol. The van der Waals surface area contributed by atoms with Crippen molar-refractivity contribution in [1.82, 2.24) is 0 Å². The first-order chi connectivity index (χ1) is 34.0. The third kappa shape index (κ3) is 28.8. The minimum atomic E-state index is -1.78. The average molecular weight is 993 g/mol. The SMILES string of the molecule is CC/C=C/C/C=C/C/C=C/C/C=C/C/C=C/CCCCCC(=O)OC[C@@H](CO[C@@H]1O[C@H](CO[C@@H]2O[C@H](CO)[C@H](O)C(O)C2O)[C@H](O)C(O)C1O)OC(=O)CC/C=C/CCCCCCCCCCCCC. The van der Waals surface area contributed by atoms with Crippen LogP contribution in [0.4, 0.5) is 0 Å². The summed E-state index contributed by atoms with van der Waals surface area (Å²) in [6, 6.07) is 0. The monoisotopic (exact) mass is 993 g/mol. The van der Waals surface area contributed by atoms with Gasteiger partial charge in [0.05, 0.1) is 19.8 Å². The van der Waals surface area contributed by atoms with Gasteiger partial charge < -0.3 is 64.2 Å². The maximum Gasteiger partial charge on any atom is 0.306 e. The Morgan fingerprint density at radius 1 is 0.471 bits per heavy atom. The summed E-state index contributed by atoms with van der Waals surface area (Å²) >= 11 is 0. The number of carbonyl (C=O) groups excluding carboxylic acids is 2. The fourth-order valence-electron chi connectivity index (χ4n) is 7.85. The van der Waals surface area contributed by atoms with Crippen molar-refractivity contribution in [1.29, 1.82) is 0 Å². The molecule has 2 saturated heterocycles. The van der Waals surface area contributed by atoms with Crippen molar-refractivity contribution in [2.24, 2.45) is 0 Å². The van der Waals surface area contributed by atoms with E-state index >= 15 is 0 Å². The van der Waals surface area contributed by atoms with E-state index in [2.05, 4.69) is 80.7 Å². The lowest BCUT2D eigenvalue weighted by Gasteiger charge is -2.42. The number of aliphatic hydroxyl groups is 7. The predicted molar refractivity (Wildman–Crippen MR) is 270 cm³/mol. The molecule has 0 aromatic carbocycles. The molecule has 0 aromatic rings. The Morgan fingerprint density at radius 2 is 0.929 bits per heavy atom. The Bertz CT molecular complexity index is 1490. The third-order valence-electron chi connectivity index (χ3n) is 12.2. The lowest BCUT2D eigenvalue weighted by Crippen LogP contribution is -2.61. The van der Waals surface area contributed by atoms with Crippen LogP contribution < -0.4 is 0 Å². The molecule has 0 radical (unpaired) electrons. The van der Waals surface area contributed by atoms with Gasteiger partial charge >= 0.3 is 11.9 Å². The molecule has 0 bridgehead atoms. The maximum atomic E-state index is 13.0. The molecule has 11 atom stereocenters. The standard InChI is InChI=1S/C55H92O15/c1-3-5-7-9-11-13-15-17-19-20-21-22-24-25-27-29-31-33-35-37-46(57)65-40-43(68-47(58)38-36-34-32-30-28-26-23-18-16-14-12-10-8-6-4-2)41-66-54-53(64)51(62)49(60)45(70-54)42-67-55-52(63)50(61)48(59)44(39-56)69-55/h5,7,11,13,17,19,21-22,25,27,32,34,43-45,48-56,59-64H,3-4,6,8-10,12,14-16,18,20,23-24,26,28-31,33,35-42H2,1-2H3/b7-5+,13-11+,19-17+,22-21+,27-25+,34-32+/t43-,44+,45+,48-,49-,50?,51?,52?,53?,54+,55+/m0/s1. The Hall–Kier alpha value is -3.06. The summed E-state index contributed by atoms with van der Waals surface area (Å²) in [5.41, 5.74) is 0. The van der Waals surface area contributed by atoms with E-state index in [4.69, 9.17) is 28.4 Å². The van der Waals surface area contributed by atoms with E-state index in [1.165, 1.54) is 64.2 Å². The van der Waals surface area contributed by atoms with Gasteiger partial charge in [0.15, 0.2) is 18.7 Å². The topological polar surface area (TPSA) is 231 Å². The van der Waals surface area contributed by atoms with E-state index in [1.54, 1.807) is 0 Å². The molecule has 0 amide bonds.